The van der Waals surface area contributed by atoms with Gasteiger partial charge in [-0.2, -0.15) is 0 Å². The number of aryl methyl sites for hydroxylation is 1. The molecule has 0 radical (unpaired) electrons. The number of hydrogen-bond acceptors (Lipinski definition) is 2. The molecule has 14 heavy (non-hydrogen) atoms. The van der Waals surface area contributed by atoms with Gasteiger partial charge in [-0.25, -0.2) is 13.8 Å². The van der Waals surface area contributed by atoms with Crippen molar-refractivity contribution in [2.75, 3.05) is 23.9 Å². The third-order valence-electron chi connectivity index (χ3n) is 1.79. The van der Waals surface area contributed by atoms with Gasteiger partial charge in [-0.3, -0.25) is 0 Å². The molecule has 0 saturated carbocycles. The van der Waals surface area contributed by atoms with Gasteiger partial charge in [-0.15, -0.1) is 11.6 Å². The first-order valence-electron chi connectivity index (χ1n) is 4.21. The highest BCUT2D eigenvalue weighted by molar-refractivity contribution is 6.18. The Morgan fingerprint density at radius 1 is 1.64 bits per heavy atom. The lowest BCUT2D eigenvalue weighted by Crippen LogP contribution is -2.32. The second-order valence-electron chi connectivity index (χ2n) is 2.86. The lowest BCUT2D eigenvalue weighted by Gasteiger charge is -2.21. The molecular weight excluding hydrogens is 212 g/mol. The zero-order chi connectivity index (χ0) is 10.6. The summed E-state index contributed by atoms with van der Waals surface area (Å²) < 4.78 is 26.1. The third-order valence-corrected chi connectivity index (χ3v) is 1.96. The Labute approximate surface area is 86.3 Å². The molecule has 0 N–H and O–H groups in total. The lowest BCUT2D eigenvalue weighted by atomic mass is 10.5. The van der Waals surface area contributed by atoms with Crippen LogP contribution in [0.1, 0.15) is 0 Å². The second-order valence-corrected chi connectivity index (χ2v) is 3.24. The number of nitrogens with zero attached hydrogens (tertiary/aromatic N) is 3. The molecule has 3 nitrogen and oxygen atoms in total. The largest absolute Gasteiger partial charge is 0.335 e. The average Bonchev–Trinajstić information content (AvgIpc) is 2.50. The summed E-state index contributed by atoms with van der Waals surface area (Å²) in [6, 6.07) is 0. The Kier molecular flexibility index (Phi) is 4.13. The summed E-state index contributed by atoms with van der Waals surface area (Å²) in [6.45, 7) is 0.0360. The van der Waals surface area contributed by atoms with E-state index in [1.807, 2.05) is 0 Å². The van der Waals surface area contributed by atoms with E-state index in [2.05, 4.69) is 4.98 Å². The van der Waals surface area contributed by atoms with E-state index in [-0.39, 0.29) is 6.54 Å². The van der Waals surface area contributed by atoms with Crippen LogP contribution in [0, 0.1) is 0 Å². The van der Waals surface area contributed by atoms with Gasteiger partial charge < -0.3 is 9.47 Å². The summed E-state index contributed by atoms with van der Waals surface area (Å²) >= 11 is 5.53. The number of imidazole rings is 1. The van der Waals surface area contributed by atoms with Crippen LogP contribution >= 0.6 is 11.6 Å². The van der Waals surface area contributed by atoms with Gasteiger partial charge >= 0.3 is 0 Å². The summed E-state index contributed by atoms with van der Waals surface area (Å²) in [4.78, 5) is 5.45. The van der Waals surface area contributed by atoms with E-state index in [0.29, 0.717) is 18.4 Å². The molecule has 80 valence electrons. The first kappa shape index (κ1) is 11.2. The predicted octanol–water partition coefficient (Wildman–Crippen LogP) is 1.73. The van der Waals surface area contributed by atoms with Gasteiger partial charge in [-0.1, -0.05) is 0 Å². The number of hydrogen-bond donors (Lipinski definition) is 0. The van der Waals surface area contributed by atoms with Crippen LogP contribution in [0.15, 0.2) is 12.4 Å². The van der Waals surface area contributed by atoms with Gasteiger partial charge in [0, 0.05) is 31.9 Å². The van der Waals surface area contributed by atoms with Gasteiger partial charge in [0.2, 0.25) is 5.95 Å². The van der Waals surface area contributed by atoms with Crippen molar-refractivity contribution in [3.63, 3.8) is 0 Å². The molecular formula is C8H12ClF2N3. The maximum absolute atomic E-state index is 12.2. The van der Waals surface area contributed by atoms with Gasteiger partial charge in [0.1, 0.15) is 0 Å². The zero-order valence-corrected chi connectivity index (χ0v) is 8.58. The molecule has 1 rings (SSSR count). The SMILES string of the molecule is Cn1ccnc1N(CCCl)CC(F)F. The molecule has 1 aromatic rings. The molecule has 1 aromatic heterocycles. The van der Waals surface area contributed by atoms with Crippen LogP contribution in [0.2, 0.25) is 0 Å². The Hall–Kier alpha value is -0.840. The van der Waals surface area contributed by atoms with Crippen LogP contribution in [0.4, 0.5) is 14.7 Å². The predicted molar refractivity (Wildman–Crippen MR) is 52.1 cm³/mol. The van der Waals surface area contributed by atoms with E-state index in [0.717, 1.165) is 0 Å². The zero-order valence-electron chi connectivity index (χ0n) is 7.83. The Balaban J connectivity index is 2.72. The smallest absolute Gasteiger partial charge is 0.255 e. The van der Waals surface area contributed by atoms with Crippen LogP contribution in [-0.4, -0.2) is 34.9 Å². The maximum atomic E-state index is 12.2. The third kappa shape index (κ3) is 2.83. The number of alkyl halides is 3. The Bertz CT molecular complexity index is 277. The summed E-state index contributed by atoms with van der Waals surface area (Å²) in [5.74, 6) is 0.825. The van der Waals surface area contributed by atoms with Crippen LogP contribution in [0.25, 0.3) is 0 Å². The molecule has 6 heteroatoms. The number of rotatable bonds is 5. The highest BCUT2D eigenvalue weighted by Gasteiger charge is 2.15. The van der Waals surface area contributed by atoms with Gasteiger partial charge in [0.05, 0.1) is 6.54 Å². The first-order valence-corrected chi connectivity index (χ1v) is 4.75. The highest BCUT2D eigenvalue weighted by Crippen LogP contribution is 2.11. The summed E-state index contributed by atoms with van der Waals surface area (Å²) in [5, 5.41) is 0. The molecule has 0 aliphatic rings. The molecule has 0 saturated heterocycles. The van der Waals surface area contributed by atoms with Crippen molar-refractivity contribution < 1.29 is 8.78 Å². The second kappa shape index (κ2) is 5.14. The van der Waals surface area contributed by atoms with Crippen molar-refractivity contribution in [2.45, 2.75) is 6.43 Å². The Morgan fingerprint density at radius 2 is 2.36 bits per heavy atom. The molecule has 1 heterocycles. The molecule has 0 aliphatic heterocycles. The van der Waals surface area contributed by atoms with E-state index < -0.39 is 6.43 Å². The van der Waals surface area contributed by atoms with E-state index in [9.17, 15) is 8.78 Å². The van der Waals surface area contributed by atoms with Gasteiger partial charge in [0.15, 0.2) is 0 Å². The quantitative estimate of drug-likeness (QED) is 0.709. The van der Waals surface area contributed by atoms with Crippen molar-refractivity contribution in [3.05, 3.63) is 12.4 Å². The van der Waals surface area contributed by atoms with E-state index in [4.69, 9.17) is 11.6 Å². The minimum absolute atomic E-state index is 0.305. The van der Waals surface area contributed by atoms with Crippen LogP contribution in [0.5, 0.6) is 0 Å². The molecule has 0 atom stereocenters. The van der Waals surface area contributed by atoms with E-state index in [1.54, 1.807) is 24.0 Å². The van der Waals surface area contributed by atoms with E-state index >= 15 is 0 Å². The molecule has 0 fully saturated rings. The summed E-state index contributed by atoms with van der Waals surface area (Å²) in [7, 11) is 1.76. The highest BCUT2D eigenvalue weighted by atomic mass is 35.5. The fourth-order valence-electron chi connectivity index (χ4n) is 1.20. The first-order chi connectivity index (χ1) is 6.65. The van der Waals surface area contributed by atoms with Crippen molar-refractivity contribution in [1.82, 2.24) is 9.55 Å². The standard InChI is InChI=1S/C8H12ClF2N3/c1-13-5-3-12-8(13)14(4-2-9)6-7(10)11/h3,5,7H,2,4,6H2,1H3. The normalized spacial score (nSPS) is 10.9. The van der Waals surface area contributed by atoms with Crippen molar-refractivity contribution in [1.29, 1.82) is 0 Å². The number of aromatic nitrogens is 2. The molecule has 0 bridgehead atoms. The average molecular weight is 224 g/mol. The molecule has 0 spiro atoms. The number of halogens is 3. The Morgan fingerprint density at radius 3 is 2.79 bits per heavy atom. The van der Waals surface area contributed by atoms with Crippen molar-refractivity contribution in [3.8, 4) is 0 Å². The van der Waals surface area contributed by atoms with Gasteiger partial charge in [-0.05, 0) is 0 Å². The monoisotopic (exact) mass is 223 g/mol. The maximum Gasteiger partial charge on any atom is 0.255 e. The summed E-state index contributed by atoms with van der Waals surface area (Å²) in [6.07, 6.45) is 0.902. The van der Waals surface area contributed by atoms with Crippen LogP contribution < -0.4 is 4.90 Å². The van der Waals surface area contributed by atoms with E-state index in [1.165, 1.54) is 4.90 Å². The topological polar surface area (TPSA) is 21.1 Å². The van der Waals surface area contributed by atoms with Crippen LogP contribution in [-0.2, 0) is 7.05 Å². The van der Waals surface area contributed by atoms with Gasteiger partial charge in [0.25, 0.3) is 6.43 Å². The fourth-order valence-corrected chi connectivity index (χ4v) is 1.41. The molecule has 0 unspecified atom stereocenters. The minimum atomic E-state index is -2.38. The van der Waals surface area contributed by atoms with Crippen molar-refractivity contribution >= 4 is 17.5 Å². The minimum Gasteiger partial charge on any atom is -0.335 e. The summed E-state index contributed by atoms with van der Waals surface area (Å²) in [5.41, 5.74) is 0. The molecule has 0 aliphatic carbocycles. The molecule has 0 aromatic carbocycles. The fraction of sp³-hybridized carbons (Fsp3) is 0.625. The molecule has 0 amide bonds. The lowest BCUT2D eigenvalue weighted by molar-refractivity contribution is 0.154. The van der Waals surface area contributed by atoms with Crippen molar-refractivity contribution in [2.24, 2.45) is 7.05 Å². The number of anilines is 1. The van der Waals surface area contributed by atoms with Crippen LogP contribution in [0.3, 0.4) is 0 Å².